The van der Waals surface area contributed by atoms with Crippen LogP contribution < -0.4 is 0 Å². The first-order valence-electron chi connectivity index (χ1n) is 9.12. The highest BCUT2D eigenvalue weighted by Gasteiger charge is 2.46. The molecule has 7 heteroatoms. The van der Waals surface area contributed by atoms with Gasteiger partial charge in [-0.1, -0.05) is 19.4 Å². The number of nitrogens with zero attached hydrogens (tertiary/aromatic N) is 2. The fourth-order valence-corrected chi connectivity index (χ4v) is 4.29. The van der Waals surface area contributed by atoms with Gasteiger partial charge in [-0.05, 0) is 30.0 Å². The van der Waals surface area contributed by atoms with Crippen LogP contribution in [0.25, 0.3) is 0 Å². The third kappa shape index (κ3) is 3.88. The third-order valence-electron chi connectivity index (χ3n) is 5.69. The van der Waals surface area contributed by atoms with E-state index in [-0.39, 0.29) is 42.9 Å². The quantitative estimate of drug-likeness (QED) is 0.867. The number of hydrogen-bond acceptors (Lipinski definition) is 3. The predicted molar refractivity (Wildman–Crippen MR) is 91.6 cm³/mol. The van der Waals surface area contributed by atoms with Gasteiger partial charge >= 0.3 is 0 Å². The van der Waals surface area contributed by atoms with Crippen LogP contribution in [-0.2, 0) is 0 Å². The number of aliphatic hydroxyl groups is 1. The Labute approximate surface area is 151 Å². The molecule has 3 rings (SSSR count). The monoisotopic (exact) mass is 370 g/mol. The SMILES string of the molecule is CC[C@@H]1CN(C(=O)c2cccc(F)c2)[C@H](CO)[C@@H]1CN1CCC(F)(F)C1. The van der Waals surface area contributed by atoms with Crippen molar-refractivity contribution in [1.29, 1.82) is 0 Å². The van der Waals surface area contributed by atoms with Crippen LogP contribution in [0.15, 0.2) is 24.3 Å². The van der Waals surface area contributed by atoms with E-state index < -0.39 is 17.8 Å². The standard InChI is InChI=1S/C19H25F3N2O2/c1-2-13-9-24(18(26)14-4-3-5-15(20)8-14)17(11-25)16(13)10-23-7-6-19(21,22)12-23/h3-5,8,13,16-17,25H,2,6-7,9-12H2,1H3/t13-,16-,17-/m1/s1. The molecular formula is C19H25F3N2O2. The fraction of sp³-hybridized carbons (Fsp3) is 0.632. The lowest BCUT2D eigenvalue weighted by atomic mass is 9.88. The topological polar surface area (TPSA) is 43.8 Å². The van der Waals surface area contributed by atoms with Crippen molar-refractivity contribution in [2.24, 2.45) is 11.8 Å². The van der Waals surface area contributed by atoms with Crippen LogP contribution >= 0.6 is 0 Å². The Morgan fingerprint density at radius 1 is 1.38 bits per heavy atom. The molecule has 0 aromatic heterocycles. The Balaban J connectivity index is 1.77. The molecule has 3 atom stereocenters. The normalized spacial score (nSPS) is 28.7. The van der Waals surface area contributed by atoms with Crippen molar-refractivity contribution in [3.05, 3.63) is 35.6 Å². The number of carbonyl (C=O) groups excluding carboxylic acids is 1. The molecule has 0 bridgehead atoms. The molecule has 1 N–H and O–H groups in total. The fourth-order valence-electron chi connectivity index (χ4n) is 4.29. The van der Waals surface area contributed by atoms with E-state index in [0.29, 0.717) is 19.6 Å². The lowest BCUT2D eigenvalue weighted by Gasteiger charge is -2.30. The molecule has 0 saturated carbocycles. The van der Waals surface area contributed by atoms with Crippen LogP contribution in [0.2, 0.25) is 0 Å². The minimum Gasteiger partial charge on any atom is -0.394 e. The van der Waals surface area contributed by atoms with Crippen LogP contribution in [0.3, 0.4) is 0 Å². The van der Waals surface area contributed by atoms with Crippen LogP contribution in [-0.4, -0.2) is 65.6 Å². The molecule has 1 aromatic rings. The Hall–Kier alpha value is -1.60. The van der Waals surface area contributed by atoms with Gasteiger partial charge in [-0.25, -0.2) is 13.2 Å². The summed E-state index contributed by atoms with van der Waals surface area (Å²) in [5, 5.41) is 9.91. The van der Waals surface area contributed by atoms with Crippen LogP contribution in [0.5, 0.6) is 0 Å². The minimum absolute atomic E-state index is 0.0728. The van der Waals surface area contributed by atoms with E-state index in [2.05, 4.69) is 0 Å². The summed E-state index contributed by atoms with van der Waals surface area (Å²) in [5.41, 5.74) is 0.242. The maximum atomic E-state index is 13.5. The lowest BCUT2D eigenvalue weighted by molar-refractivity contribution is 0.00885. The van der Waals surface area contributed by atoms with Gasteiger partial charge in [0.1, 0.15) is 5.82 Å². The van der Waals surface area contributed by atoms with E-state index in [1.165, 1.54) is 18.2 Å². The Morgan fingerprint density at radius 2 is 2.15 bits per heavy atom. The molecule has 2 aliphatic heterocycles. The molecule has 1 amide bonds. The summed E-state index contributed by atoms with van der Waals surface area (Å²) in [5.74, 6) is -3.42. The first kappa shape index (κ1) is 19.2. The number of aliphatic hydroxyl groups excluding tert-OH is 1. The van der Waals surface area contributed by atoms with E-state index in [0.717, 1.165) is 6.42 Å². The van der Waals surface area contributed by atoms with E-state index in [9.17, 15) is 23.1 Å². The molecule has 1 aromatic carbocycles. The van der Waals surface area contributed by atoms with Crippen molar-refractivity contribution in [2.45, 2.75) is 31.7 Å². The molecule has 0 aliphatic carbocycles. The number of halogens is 3. The highest BCUT2D eigenvalue weighted by molar-refractivity contribution is 5.94. The van der Waals surface area contributed by atoms with Crippen LogP contribution in [0.1, 0.15) is 30.1 Å². The number of hydrogen-bond donors (Lipinski definition) is 1. The van der Waals surface area contributed by atoms with Gasteiger partial charge in [0.25, 0.3) is 11.8 Å². The van der Waals surface area contributed by atoms with Crippen LogP contribution in [0.4, 0.5) is 13.2 Å². The zero-order valence-electron chi connectivity index (χ0n) is 14.9. The van der Waals surface area contributed by atoms with Gasteiger partial charge in [0.15, 0.2) is 0 Å². The second kappa shape index (κ2) is 7.56. The molecule has 2 fully saturated rings. The number of benzene rings is 1. The van der Waals surface area contributed by atoms with Gasteiger partial charge in [-0.15, -0.1) is 0 Å². The average Bonchev–Trinajstić information content (AvgIpc) is 3.13. The number of alkyl halides is 2. The van der Waals surface area contributed by atoms with Crippen molar-refractivity contribution in [3.8, 4) is 0 Å². The maximum absolute atomic E-state index is 13.5. The summed E-state index contributed by atoms with van der Waals surface area (Å²) >= 11 is 0. The molecular weight excluding hydrogens is 345 g/mol. The summed E-state index contributed by atoms with van der Waals surface area (Å²) in [6, 6.07) is 5.05. The number of carbonyl (C=O) groups is 1. The molecule has 2 aliphatic rings. The lowest BCUT2D eigenvalue weighted by Crippen LogP contribution is -2.43. The average molecular weight is 370 g/mol. The van der Waals surface area contributed by atoms with Crippen molar-refractivity contribution in [1.82, 2.24) is 9.80 Å². The summed E-state index contributed by atoms with van der Waals surface area (Å²) in [4.78, 5) is 16.1. The zero-order chi connectivity index (χ0) is 18.9. The highest BCUT2D eigenvalue weighted by atomic mass is 19.3. The summed E-state index contributed by atoms with van der Waals surface area (Å²) in [7, 11) is 0. The second-order valence-electron chi connectivity index (χ2n) is 7.39. The largest absolute Gasteiger partial charge is 0.394 e. The third-order valence-corrected chi connectivity index (χ3v) is 5.69. The Bertz CT molecular complexity index is 655. The van der Waals surface area contributed by atoms with Gasteiger partial charge < -0.3 is 10.0 Å². The molecule has 2 saturated heterocycles. The van der Waals surface area contributed by atoms with E-state index >= 15 is 0 Å². The molecule has 26 heavy (non-hydrogen) atoms. The molecule has 0 spiro atoms. The van der Waals surface area contributed by atoms with Crippen LogP contribution in [0, 0.1) is 17.7 Å². The highest BCUT2D eigenvalue weighted by Crippen LogP contribution is 2.36. The summed E-state index contributed by atoms with van der Waals surface area (Å²) in [6.07, 6.45) is 0.643. The van der Waals surface area contributed by atoms with Gasteiger partial charge in [0.2, 0.25) is 0 Å². The molecule has 0 unspecified atom stereocenters. The Morgan fingerprint density at radius 3 is 2.73 bits per heavy atom. The van der Waals surface area contributed by atoms with E-state index in [1.54, 1.807) is 15.9 Å². The first-order chi connectivity index (χ1) is 12.3. The maximum Gasteiger partial charge on any atom is 0.261 e. The molecule has 2 heterocycles. The molecule has 144 valence electrons. The van der Waals surface area contributed by atoms with Crippen molar-refractivity contribution in [3.63, 3.8) is 0 Å². The van der Waals surface area contributed by atoms with E-state index in [1.807, 2.05) is 6.92 Å². The Kier molecular flexibility index (Phi) is 5.58. The van der Waals surface area contributed by atoms with Gasteiger partial charge in [-0.3, -0.25) is 9.69 Å². The summed E-state index contributed by atoms with van der Waals surface area (Å²) < 4.78 is 40.5. The van der Waals surface area contributed by atoms with E-state index in [4.69, 9.17) is 0 Å². The summed E-state index contributed by atoms with van der Waals surface area (Å²) in [6.45, 7) is 2.72. The first-order valence-corrected chi connectivity index (χ1v) is 9.12. The predicted octanol–water partition coefficient (Wildman–Crippen LogP) is 2.63. The zero-order valence-corrected chi connectivity index (χ0v) is 14.9. The molecule has 0 radical (unpaired) electrons. The van der Waals surface area contributed by atoms with Crippen molar-refractivity contribution < 1.29 is 23.1 Å². The molecule has 4 nitrogen and oxygen atoms in total. The minimum atomic E-state index is -2.66. The number of amides is 1. The van der Waals surface area contributed by atoms with Gasteiger partial charge in [-0.2, -0.15) is 0 Å². The second-order valence-corrected chi connectivity index (χ2v) is 7.39. The van der Waals surface area contributed by atoms with Gasteiger partial charge in [0.05, 0.1) is 19.2 Å². The number of likely N-dealkylation sites (tertiary alicyclic amines) is 2. The van der Waals surface area contributed by atoms with Crippen molar-refractivity contribution >= 4 is 5.91 Å². The smallest absolute Gasteiger partial charge is 0.261 e. The number of rotatable bonds is 5. The van der Waals surface area contributed by atoms with Crippen molar-refractivity contribution in [2.75, 3.05) is 32.8 Å². The van der Waals surface area contributed by atoms with Gasteiger partial charge in [0, 0.05) is 31.6 Å².